The standard InChI is InChI=1S/C16H20N2O4/c1-11(19)12-2-4-14(5-3-12)17-15(20)10-18-8-6-13(7-9-18)16(21)22/h2-5,13H,6-10H2,1H3,(H,17,20)(H,21,22). The van der Waals surface area contributed by atoms with Gasteiger partial charge in [0.05, 0.1) is 13.1 Å². The Morgan fingerprint density at radius 2 is 1.77 bits per heavy atom. The van der Waals surface area contributed by atoms with E-state index in [0.717, 1.165) is 4.90 Å². The summed E-state index contributed by atoms with van der Waals surface area (Å²) >= 11 is 0. The van der Waals surface area contributed by atoms with Gasteiger partial charge in [-0.2, -0.15) is 0 Å². The first-order chi connectivity index (χ1) is 10.5. The molecule has 1 heterocycles. The average molecular weight is 304 g/mol. The SMILES string of the molecule is CC(=O)c1ccc(NC(=O)C[NH+]2CCC(C(=O)[O-])CC2)cc1. The predicted molar refractivity (Wildman–Crippen MR) is 78.4 cm³/mol. The first-order valence-electron chi connectivity index (χ1n) is 7.41. The quantitative estimate of drug-likeness (QED) is 0.674. The molecule has 22 heavy (non-hydrogen) atoms. The van der Waals surface area contributed by atoms with Gasteiger partial charge < -0.3 is 20.1 Å². The van der Waals surface area contributed by atoms with Gasteiger partial charge in [-0.3, -0.25) is 9.59 Å². The Labute approximate surface area is 129 Å². The zero-order valence-electron chi connectivity index (χ0n) is 12.6. The number of aliphatic carboxylic acids is 1. The third kappa shape index (κ3) is 4.39. The molecule has 0 radical (unpaired) electrons. The van der Waals surface area contributed by atoms with Gasteiger partial charge in [0.25, 0.3) is 5.91 Å². The summed E-state index contributed by atoms with van der Waals surface area (Å²) in [6, 6.07) is 6.75. The molecule has 0 spiro atoms. The number of carboxylic acids is 1. The Morgan fingerprint density at radius 1 is 1.18 bits per heavy atom. The maximum atomic E-state index is 12.0. The van der Waals surface area contributed by atoms with Crippen molar-refractivity contribution in [1.82, 2.24) is 0 Å². The monoisotopic (exact) mass is 304 g/mol. The minimum absolute atomic E-state index is 0.0156. The number of piperidine rings is 1. The Kier molecular flexibility index (Phi) is 5.27. The maximum Gasteiger partial charge on any atom is 0.279 e. The second kappa shape index (κ2) is 7.17. The molecule has 1 aromatic carbocycles. The average Bonchev–Trinajstić information content (AvgIpc) is 2.48. The predicted octanol–water partition coefficient (Wildman–Crippen LogP) is -1.13. The summed E-state index contributed by atoms with van der Waals surface area (Å²) in [5.41, 5.74) is 1.26. The van der Waals surface area contributed by atoms with Gasteiger partial charge in [0, 0.05) is 36.0 Å². The molecule has 6 nitrogen and oxygen atoms in total. The minimum Gasteiger partial charge on any atom is -0.550 e. The number of carbonyl (C=O) groups is 3. The molecule has 1 aliphatic heterocycles. The molecule has 118 valence electrons. The summed E-state index contributed by atoms with van der Waals surface area (Å²) in [5, 5.41) is 13.6. The van der Waals surface area contributed by atoms with E-state index in [1.54, 1.807) is 24.3 Å². The Morgan fingerprint density at radius 3 is 2.27 bits per heavy atom. The number of hydrogen-bond donors (Lipinski definition) is 2. The number of amides is 1. The number of likely N-dealkylation sites (tertiary alicyclic amines) is 1. The van der Waals surface area contributed by atoms with Crippen LogP contribution in [0.15, 0.2) is 24.3 Å². The molecule has 0 aromatic heterocycles. The second-order valence-electron chi connectivity index (χ2n) is 5.70. The number of benzene rings is 1. The zero-order chi connectivity index (χ0) is 16.1. The third-order valence-electron chi connectivity index (χ3n) is 4.01. The number of rotatable bonds is 5. The van der Waals surface area contributed by atoms with Gasteiger partial charge >= 0.3 is 0 Å². The molecular weight excluding hydrogens is 284 g/mol. The third-order valence-corrected chi connectivity index (χ3v) is 4.01. The lowest BCUT2D eigenvalue weighted by Crippen LogP contribution is -3.14. The molecule has 0 saturated carbocycles. The van der Waals surface area contributed by atoms with Gasteiger partial charge in [-0.05, 0) is 31.2 Å². The van der Waals surface area contributed by atoms with E-state index in [1.165, 1.54) is 6.92 Å². The number of quaternary nitrogens is 1. The van der Waals surface area contributed by atoms with Gasteiger partial charge in [-0.1, -0.05) is 0 Å². The maximum absolute atomic E-state index is 12.0. The van der Waals surface area contributed by atoms with E-state index in [1.807, 2.05) is 0 Å². The van der Waals surface area contributed by atoms with E-state index < -0.39 is 5.97 Å². The van der Waals surface area contributed by atoms with Gasteiger partial charge in [-0.25, -0.2) is 0 Å². The lowest BCUT2D eigenvalue weighted by molar-refractivity contribution is -0.897. The van der Waals surface area contributed by atoms with Gasteiger partial charge in [-0.15, -0.1) is 0 Å². The van der Waals surface area contributed by atoms with Crippen molar-refractivity contribution in [2.75, 3.05) is 25.0 Å². The number of Topliss-reactive ketones (excluding diaryl/α,β-unsaturated/α-hetero) is 1. The van der Waals surface area contributed by atoms with Crippen LogP contribution in [0.3, 0.4) is 0 Å². The van der Waals surface area contributed by atoms with Crippen LogP contribution in [0.25, 0.3) is 0 Å². The van der Waals surface area contributed by atoms with Crippen LogP contribution >= 0.6 is 0 Å². The van der Waals surface area contributed by atoms with Crippen LogP contribution in [-0.2, 0) is 9.59 Å². The molecular formula is C16H20N2O4. The van der Waals surface area contributed by atoms with E-state index in [2.05, 4.69) is 5.32 Å². The normalized spacial score (nSPS) is 21.1. The molecule has 2 N–H and O–H groups in total. The van der Waals surface area contributed by atoms with Crippen molar-refractivity contribution < 1.29 is 24.4 Å². The molecule has 1 aliphatic rings. The largest absolute Gasteiger partial charge is 0.550 e. The van der Waals surface area contributed by atoms with Crippen LogP contribution < -0.4 is 15.3 Å². The van der Waals surface area contributed by atoms with Crippen LogP contribution in [-0.4, -0.2) is 37.3 Å². The summed E-state index contributed by atoms with van der Waals surface area (Å²) in [4.78, 5) is 35.0. The number of carboxylic acid groups (broad SMARTS) is 1. The number of anilines is 1. The molecule has 1 aromatic rings. The Hall–Kier alpha value is -2.21. The smallest absolute Gasteiger partial charge is 0.279 e. The highest BCUT2D eigenvalue weighted by Gasteiger charge is 2.24. The van der Waals surface area contributed by atoms with Crippen molar-refractivity contribution in [3.8, 4) is 0 Å². The van der Waals surface area contributed by atoms with Crippen LogP contribution in [0, 0.1) is 5.92 Å². The van der Waals surface area contributed by atoms with E-state index in [9.17, 15) is 19.5 Å². The molecule has 1 saturated heterocycles. The van der Waals surface area contributed by atoms with Gasteiger partial charge in [0.15, 0.2) is 12.3 Å². The van der Waals surface area contributed by atoms with E-state index >= 15 is 0 Å². The zero-order valence-corrected chi connectivity index (χ0v) is 12.6. The van der Waals surface area contributed by atoms with Crippen molar-refractivity contribution in [3.63, 3.8) is 0 Å². The number of ketones is 1. The summed E-state index contributed by atoms with van der Waals surface area (Å²) in [5.74, 6) is -1.50. The van der Waals surface area contributed by atoms with Crippen molar-refractivity contribution >= 4 is 23.3 Å². The topological polar surface area (TPSA) is 90.7 Å². The molecule has 0 aliphatic carbocycles. The highest BCUT2D eigenvalue weighted by atomic mass is 16.4. The molecule has 0 unspecified atom stereocenters. The summed E-state index contributed by atoms with van der Waals surface area (Å²) < 4.78 is 0. The highest BCUT2D eigenvalue weighted by Crippen LogP contribution is 2.10. The fraction of sp³-hybridized carbons (Fsp3) is 0.438. The van der Waals surface area contributed by atoms with E-state index in [-0.39, 0.29) is 17.6 Å². The van der Waals surface area contributed by atoms with E-state index in [0.29, 0.717) is 43.7 Å². The van der Waals surface area contributed by atoms with E-state index in [4.69, 9.17) is 0 Å². The van der Waals surface area contributed by atoms with Crippen LogP contribution in [0.2, 0.25) is 0 Å². The van der Waals surface area contributed by atoms with Gasteiger partial charge in [0.2, 0.25) is 0 Å². The van der Waals surface area contributed by atoms with Crippen molar-refractivity contribution in [2.45, 2.75) is 19.8 Å². The number of nitrogens with one attached hydrogen (secondary N) is 2. The molecule has 1 amide bonds. The van der Waals surface area contributed by atoms with Crippen LogP contribution in [0.5, 0.6) is 0 Å². The molecule has 6 heteroatoms. The summed E-state index contributed by atoms with van der Waals surface area (Å²) in [6.45, 7) is 3.13. The number of carbonyl (C=O) groups excluding carboxylic acids is 3. The lowest BCUT2D eigenvalue weighted by Gasteiger charge is -2.29. The van der Waals surface area contributed by atoms with Crippen molar-refractivity contribution in [3.05, 3.63) is 29.8 Å². The first kappa shape index (κ1) is 16.2. The lowest BCUT2D eigenvalue weighted by atomic mass is 9.97. The molecule has 1 fully saturated rings. The highest BCUT2D eigenvalue weighted by molar-refractivity contribution is 5.95. The van der Waals surface area contributed by atoms with Crippen molar-refractivity contribution in [1.29, 1.82) is 0 Å². The number of hydrogen-bond acceptors (Lipinski definition) is 4. The molecule has 2 rings (SSSR count). The molecule has 0 atom stereocenters. The summed E-state index contributed by atoms with van der Waals surface area (Å²) in [6.07, 6.45) is 1.11. The summed E-state index contributed by atoms with van der Waals surface area (Å²) in [7, 11) is 0. The van der Waals surface area contributed by atoms with Crippen LogP contribution in [0.1, 0.15) is 30.1 Å². The fourth-order valence-electron chi connectivity index (χ4n) is 2.66. The fourth-order valence-corrected chi connectivity index (χ4v) is 2.66. The van der Waals surface area contributed by atoms with Crippen LogP contribution in [0.4, 0.5) is 5.69 Å². The minimum atomic E-state index is -0.992. The van der Waals surface area contributed by atoms with Gasteiger partial charge in [0.1, 0.15) is 0 Å². The van der Waals surface area contributed by atoms with Crippen molar-refractivity contribution in [2.24, 2.45) is 5.92 Å². The Bertz CT molecular complexity index is 560. The Balaban J connectivity index is 1.81. The second-order valence-corrected chi connectivity index (χ2v) is 5.70. The first-order valence-corrected chi connectivity index (χ1v) is 7.41. The molecule has 0 bridgehead atoms.